The van der Waals surface area contributed by atoms with Gasteiger partial charge in [-0.05, 0) is 18.6 Å². The molecule has 1 rings (SSSR count). The van der Waals surface area contributed by atoms with Crippen LogP contribution in [0.5, 0.6) is 0 Å². The number of carbonyl (C=O) groups excluding carboxylic acids is 1. The Balaban J connectivity index is 2.71. The van der Waals surface area contributed by atoms with E-state index in [0.717, 1.165) is 25.0 Å². The van der Waals surface area contributed by atoms with E-state index in [-0.39, 0.29) is 23.8 Å². The molecule has 0 aliphatic heterocycles. The highest BCUT2D eigenvalue weighted by Crippen LogP contribution is 2.29. The second-order valence-corrected chi connectivity index (χ2v) is 4.25. The molecule has 0 aliphatic rings. The summed E-state index contributed by atoms with van der Waals surface area (Å²) in [5.74, 6) is -0.218. The summed E-state index contributed by atoms with van der Waals surface area (Å²) in [6.45, 7) is 1.96. The molecule has 100 valence electrons. The molecule has 0 saturated carbocycles. The van der Waals surface area contributed by atoms with E-state index < -0.39 is 11.7 Å². The first-order chi connectivity index (χ1) is 8.34. The van der Waals surface area contributed by atoms with E-state index >= 15 is 0 Å². The molecule has 0 bridgehead atoms. The van der Waals surface area contributed by atoms with Crippen molar-refractivity contribution in [3.8, 4) is 0 Å². The van der Waals surface area contributed by atoms with Gasteiger partial charge in [0.05, 0.1) is 5.56 Å². The van der Waals surface area contributed by atoms with E-state index in [0.29, 0.717) is 0 Å². The summed E-state index contributed by atoms with van der Waals surface area (Å²) in [7, 11) is 0. The molecule has 0 fully saturated rings. The number of rotatable bonds is 5. The van der Waals surface area contributed by atoms with Crippen LogP contribution in [0.2, 0.25) is 0 Å². The summed E-state index contributed by atoms with van der Waals surface area (Å²) in [5.41, 5.74) is 5.24. The van der Waals surface area contributed by atoms with Gasteiger partial charge in [-0.25, -0.2) is 0 Å². The fraction of sp³-hybridized carbons (Fsp3) is 0.462. The molecule has 0 aromatic heterocycles. The fourth-order valence-electron chi connectivity index (χ4n) is 1.67. The van der Waals surface area contributed by atoms with Gasteiger partial charge in [-0.3, -0.25) is 4.79 Å². The number of halogens is 3. The minimum absolute atomic E-state index is 0.166. The van der Waals surface area contributed by atoms with Gasteiger partial charge in [-0.2, -0.15) is 13.2 Å². The van der Waals surface area contributed by atoms with Crippen LogP contribution in [-0.4, -0.2) is 11.8 Å². The van der Waals surface area contributed by atoms with Crippen LogP contribution in [0, 0.1) is 0 Å². The summed E-state index contributed by atoms with van der Waals surface area (Å²) in [4.78, 5) is 11.7. The van der Waals surface area contributed by atoms with Gasteiger partial charge in [0, 0.05) is 18.0 Å². The first kappa shape index (κ1) is 14.7. The fourth-order valence-corrected chi connectivity index (χ4v) is 1.67. The van der Waals surface area contributed by atoms with Crippen molar-refractivity contribution in [3.63, 3.8) is 0 Å². The molecule has 0 saturated heterocycles. The largest absolute Gasteiger partial charge is 0.416 e. The van der Waals surface area contributed by atoms with Gasteiger partial charge in [-0.15, -0.1) is 0 Å². The van der Waals surface area contributed by atoms with Crippen molar-refractivity contribution in [1.29, 1.82) is 0 Å². The number of hydrogen-bond donors (Lipinski definition) is 1. The lowest BCUT2D eigenvalue weighted by Crippen LogP contribution is -2.23. The summed E-state index contributed by atoms with van der Waals surface area (Å²) in [6.07, 6.45) is -2.60. The predicted octanol–water partition coefficient (Wildman–Crippen LogP) is 3.41. The molecule has 18 heavy (non-hydrogen) atoms. The number of benzene rings is 1. The Bertz CT molecular complexity index is 398. The Morgan fingerprint density at radius 1 is 1.28 bits per heavy atom. The van der Waals surface area contributed by atoms with Gasteiger partial charge in [0.1, 0.15) is 0 Å². The quantitative estimate of drug-likeness (QED) is 0.823. The Labute approximate surface area is 104 Å². The predicted molar refractivity (Wildman–Crippen MR) is 63.3 cm³/mol. The number of ketones is 1. The second-order valence-electron chi connectivity index (χ2n) is 4.25. The number of hydrogen-bond acceptors (Lipinski definition) is 2. The van der Waals surface area contributed by atoms with Crippen LogP contribution >= 0.6 is 0 Å². The summed E-state index contributed by atoms with van der Waals surface area (Å²) in [5, 5.41) is 0. The molecule has 1 aromatic rings. The highest BCUT2D eigenvalue weighted by Gasteiger charge is 2.30. The van der Waals surface area contributed by atoms with Crippen LogP contribution in [-0.2, 0) is 6.18 Å². The van der Waals surface area contributed by atoms with Gasteiger partial charge in [0.15, 0.2) is 5.78 Å². The molecule has 0 aliphatic carbocycles. The standard InChI is InChI=1S/C13H16F3NO/c1-2-3-11(17)8-12(18)9-4-6-10(7-5-9)13(14,15)16/h4-7,11H,2-3,8,17H2,1H3. The van der Waals surface area contributed by atoms with Crippen LogP contribution in [0.15, 0.2) is 24.3 Å². The average molecular weight is 259 g/mol. The van der Waals surface area contributed by atoms with E-state index in [2.05, 4.69) is 0 Å². The molecule has 1 unspecified atom stereocenters. The molecule has 0 amide bonds. The molecule has 1 atom stereocenters. The molecule has 1 aromatic carbocycles. The number of nitrogens with two attached hydrogens (primary N) is 1. The minimum Gasteiger partial charge on any atom is -0.327 e. The maximum absolute atomic E-state index is 12.3. The van der Waals surface area contributed by atoms with Crippen LogP contribution in [0.4, 0.5) is 13.2 Å². The average Bonchev–Trinajstić information content (AvgIpc) is 2.28. The molecule has 0 radical (unpaired) electrons. The molecule has 0 spiro atoms. The smallest absolute Gasteiger partial charge is 0.327 e. The maximum atomic E-state index is 12.3. The molecular weight excluding hydrogens is 243 g/mol. The zero-order chi connectivity index (χ0) is 13.8. The molecule has 0 heterocycles. The Hall–Kier alpha value is -1.36. The van der Waals surface area contributed by atoms with E-state index in [1.807, 2.05) is 6.92 Å². The van der Waals surface area contributed by atoms with Gasteiger partial charge in [0.25, 0.3) is 0 Å². The van der Waals surface area contributed by atoms with Crippen molar-refractivity contribution in [1.82, 2.24) is 0 Å². The second kappa shape index (κ2) is 6.00. The van der Waals surface area contributed by atoms with Crippen LogP contribution in [0.3, 0.4) is 0 Å². The van der Waals surface area contributed by atoms with E-state index in [1.165, 1.54) is 12.1 Å². The lowest BCUT2D eigenvalue weighted by atomic mass is 10.0. The number of alkyl halides is 3. The van der Waals surface area contributed by atoms with Crippen LogP contribution in [0.25, 0.3) is 0 Å². The van der Waals surface area contributed by atoms with Gasteiger partial charge in [-0.1, -0.05) is 25.5 Å². The summed E-state index contributed by atoms with van der Waals surface area (Å²) in [6, 6.07) is 4.00. The van der Waals surface area contributed by atoms with Crippen molar-refractivity contribution in [3.05, 3.63) is 35.4 Å². The summed E-state index contributed by atoms with van der Waals surface area (Å²) >= 11 is 0. The van der Waals surface area contributed by atoms with Crippen LogP contribution < -0.4 is 5.73 Å². The van der Waals surface area contributed by atoms with E-state index in [9.17, 15) is 18.0 Å². The molecule has 5 heteroatoms. The van der Waals surface area contributed by atoms with Gasteiger partial charge < -0.3 is 5.73 Å². The van der Waals surface area contributed by atoms with E-state index in [1.54, 1.807) is 0 Å². The Morgan fingerprint density at radius 3 is 2.28 bits per heavy atom. The van der Waals surface area contributed by atoms with Crippen molar-refractivity contribution in [2.45, 2.75) is 38.4 Å². The molecular formula is C13H16F3NO. The van der Waals surface area contributed by atoms with Crippen molar-refractivity contribution in [2.24, 2.45) is 5.73 Å². The van der Waals surface area contributed by atoms with E-state index in [4.69, 9.17) is 5.73 Å². The first-order valence-electron chi connectivity index (χ1n) is 5.80. The monoisotopic (exact) mass is 259 g/mol. The highest BCUT2D eigenvalue weighted by atomic mass is 19.4. The molecule has 2 nitrogen and oxygen atoms in total. The maximum Gasteiger partial charge on any atom is 0.416 e. The lowest BCUT2D eigenvalue weighted by Gasteiger charge is -2.10. The lowest BCUT2D eigenvalue weighted by molar-refractivity contribution is -0.137. The topological polar surface area (TPSA) is 43.1 Å². The first-order valence-corrected chi connectivity index (χ1v) is 5.80. The number of carbonyl (C=O) groups is 1. The summed E-state index contributed by atoms with van der Waals surface area (Å²) < 4.78 is 37.0. The van der Waals surface area contributed by atoms with Crippen molar-refractivity contribution < 1.29 is 18.0 Å². The van der Waals surface area contributed by atoms with Crippen LogP contribution in [0.1, 0.15) is 42.1 Å². The number of Topliss-reactive ketones (excluding diaryl/α,β-unsaturated/α-hetero) is 1. The van der Waals surface area contributed by atoms with Crippen molar-refractivity contribution >= 4 is 5.78 Å². The minimum atomic E-state index is -4.37. The van der Waals surface area contributed by atoms with Gasteiger partial charge in [0.2, 0.25) is 0 Å². The normalized spacial score (nSPS) is 13.4. The third-order valence-corrected chi connectivity index (χ3v) is 2.64. The van der Waals surface area contributed by atoms with Gasteiger partial charge >= 0.3 is 6.18 Å². The Morgan fingerprint density at radius 2 is 1.83 bits per heavy atom. The van der Waals surface area contributed by atoms with Crippen molar-refractivity contribution in [2.75, 3.05) is 0 Å². The Kier molecular flexibility index (Phi) is 4.90. The zero-order valence-corrected chi connectivity index (χ0v) is 10.1. The highest BCUT2D eigenvalue weighted by molar-refractivity contribution is 5.96. The third kappa shape index (κ3) is 4.14. The third-order valence-electron chi connectivity index (χ3n) is 2.64. The molecule has 2 N–H and O–H groups in total. The zero-order valence-electron chi connectivity index (χ0n) is 10.1. The SMILES string of the molecule is CCCC(N)CC(=O)c1ccc(C(F)(F)F)cc1.